The first-order valence-electron chi connectivity index (χ1n) is 9.27. The van der Waals surface area contributed by atoms with E-state index in [4.69, 9.17) is 10.00 Å². The monoisotopic (exact) mass is 364 g/mol. The van der Waals surface area contributed by atoms with Gasteiger partial charge in [-0.3, -0.25) is 9.69 Å². The third-order valence-corrected chi connectivity index (χ3v) is 5.61. The molecule has 0 aliphatic carbocycles. The lowest BCUT2D eigenvalue weighted by molar-refractivity contribution is -0.0873. The predicted octanol–water partition coefficient (Wildman–Crippen LogP) is 3.56. The van der Waals surface area contributed by atoms with Gasteiger partial charge in [0.2, 0.25) is 0 Å². The number of piperidine rings is 1. The van der Waals surface area contributed by atoms with Gasteiger partial charge in [-0.15, -0.1) is 0 Å². The molecule has 2 fully saturated rings. The quantitative estimate of drug-likeness (QED) is 0.779. The summed E-state index contributed by atoms with van der Waals surface area (Å²) in [6.45, 7) is 2.04. The molecule has 2 aromatic rings. The number of ketones is 1. The Morgan fingerprint density at radius 3 is 2.48 bits per heavy atom. The summed E-state index contributed by atoms with van der Waals surface area (Å²) in [4.78, 5) is 15.4. The molecule has 2 aliphatic rings. The number of hydrogen-bond donors (Lipinski definition) is 0. The van der Waals surface area contributed by atoms with E-state index in [9.17, 15) is 9.18 Å². The average Bonchev–Trinajstić information content (AvgIpc) is 2.68. The molecule has 0 radical (unpaired) electrons. The number of Topliss-reactive ketones (excluding diaryl/α,β-unsaturated/α-hetero) is 1. The van der Waals surface area contributed by atoms with Crippen molar-refractivity contribution < 1.29 is 13.9 Å². The molecule has 0 saturated carbocycles. The molecule has 0 N–H and O–H groups in total. The zero-order valence-electron chi connectivity index (χ0n) is 15.0. The fourth-order valence-electron chi connectivity index (χ4n) is 4.26. The Hall–Kier alpha value is -2.55. The molecule has 0 spiro atoms. The van der Waals surface area contributed by atoms with Crippen LogP contribution in [-0.2, 0) is 11.3 Å². The Labute approximate surface area is 158 Å². The molecule has 4 nitrogen and oxygen atoms in total. The summed E-state index contributed by atoms with van der Waals surface area (Å²) in [7, 11) is 0. The Kier molecular flexibility index (Phi) is 5.02. The smallest absolute Gasteiger partial charge is 0.169 e. The minimum atomic E-state index is -0.604. The first kappa shape index (κ1) is 17.8. The van der Waals surface area contributed by atoms with Crippen LogP contribution >= 0.6 is 0 Å². The second-order valence-electron chi connectivity index (χ2n) is 7.34. The fourth-order valence-corrected chi connectivity index (χ4v) is 4.26. The molecular weight excluding hydrogens is 343 g/mol. The van der Waals surface area contributed by atoms with Crippen molar-refractivity contribution in [3.63, 3.8) is 0 Å². The SMILES string of the molecule is N#Cc1ccc(C(=O)C2CC3COCC(C2)N3Cc2ccccc2)c(F)c1. The molecule has 138 valence electrons. The van der Waals surface area contributed by atoms with Crippen molar-refractivity contribution in [1.29, 1.82) is 5.26 Å². The van der Waals surface area contributed by atoms with Crippen molar-refractivity contribution in [3.05, 3.63) is 71.0 Å². The van der Waals surface area contributed by atoms with Gasteiger partial charge in [-0.1, -0.05) is 30.3 Å². The molecule has 0 aromatic heterocycles. The second-order valence-corrected chi connectivity index (χ2v) is 7.34. The number of nitrogens with zero attached hydrogens (tertiary/aromatic N) is 2. The van der Waals surface area contributed by atoms with Gasteiger partial charge in [0.15, 0.2) is 5.78 Å². The molecule has 2 aliphatic heterocycles. The van der Waals surface area contributed by atoms with Crippen molar-refractivity contribution in [3.8, 4) is 6.07 Å². The number of fused-ring (bicyclic) bond motifs is 2. The highest BCUT2D eigenvalue weighted by Gasteiger charge is 2.41. The highest BCUT2D eigenvalue weighted by atomic mass is 19.1. The summed E-state index contributed by atoms with van der Waals surface area (Å²) in [6, 6.07) is 16.6. The van der Waals surface area contributed by atoms with Crippen molar-refractivity contribution in [2.75, 3.05) is 13.2 Å². The summed E-state index contributed by atoms with van der Waals surface area (Å²) >= 11 is 0. The minimum Gasteiger partial charge on any atom is -0.378 e. The van der Waals surface area contributed by atoms with Crippen molar-refractivity contribution >= 4 is 5.78 Å². The van der Waals surface area contributed by atoms with Gasteiger partial charge >= 0.3 is 0 Å². The van der Waals surface area contributed by atoms with Gasteiger partial charge < -0.3 is 4.74 Å². The topological polar surface area (TPSA) is 53.3 Å². The van der Waals surface area contributed by atoms with Crippen molar-refractivity contribution in [2.45, 2.75) is 31.5 Å². The van der Waals surface area contributed by atoms with E-state index in [1.165, 1.54) is 17.7 Å². The zero-order chi connectivity index (χ0) is 18.8. The van der Waals surface area contributed by atoms with E-state index in [0.29, 0.717) is 26.1 Å². The second kappa shape index (κ2) is 7.59. The maximum Gasteiger partial charge on any atom is 0.169 e. The number of nitriles is 1. The normalized spacial score (nSPS) is 25.0. The van der Waals surface area contributed by atoms with Crippen LogP contribution in [0.2, 0.25) is 0 Å². The Morgan fingerprint density at radius 1 is 1.15 bits per heavy atom. The first-order chi connectivity index (χ1) is 13.2. The van der Waals surface area contributed by atoms with Crippen LogP contribution in [0.5, 0.6) is 0 Å². The number of rotatable bonds is 4. The molecule has 5 heteroatoms. The van der Waals surface area contributed by atoms with E-state index in [2.05, 4.69) is 17.0 Å². The number of morpholine rings is 1. The van der Waals surface area contributed by atoms with Crippen LogP contribution in [0.15, 0.2) is 48.5 Å². The Morgan fingerprint density at radius 2 is 1.85 bits per heavy atom. The number of carbonyl (C=O) groups excluding carboxylic acids is 1. The van der Waals surface area contributed by atoms with Crippen LogP contribution in [-0.4, -0.2) is 36.0 Å². The molecule has 2 atom stereocenters. The van der Waals surface area contributed by atoms with Crippen molar-refractivity contribution in [1.82, 2.24) is 4.90 Å². The Bertz CT molecular complexity index is 864. The minimum absolute atomic E-state index is 0.0921. The lowest BCUT2D eigenvalue weighted by Gasteiger charge is -2.48. The summed E-state index contributed by atoms with van der Waals surface area (Å²) in [6.07, 6.45) is 1.34. The lowest BCUT2D eigenvalue weighted by atomic mass is 9.80. The maximum atomic E-state index is 14.3. The molecule has 2 bridgehead atoms. The largest absolute Gasteiger partial charge is 0.378 e. The van der Waals surface area contributed by atoms with Gasteiger partial charge in [0.1, 0.15) is 5.82 Å². The van der Waals surface area contributed by atoms with E-state index in [-0.39, 0.29) is 34.9 Å². The van der Waals surface area contributed by atoms with E-state index in [1.54, 1.807) is 0 Å². The number of benzene rings is 2. The van der Waals surface area contributed by atoms with Crippen LogP contribution in [0, 0.1) is 23.1 Å². The molecule has 4 rings (SSSR count). The zero-order valence-corrected chi connectivity index (χ0v) is 15.0. The third-order valence-electron chi connectivity index (χ3n) is 5.61. The van der Waals surface area contributed by atoms with Gasteiger partial charge in [0.25, 0.3) is 0 Å². The maximum absolute atomic E-state index is 14.3. The van der Waals surface area contributed by atoms with E-state index >= 15 is 0 Å². The summed E-state index contributed by atoms with van der Waals surface area (Å²) in [5.41, 5.74) is 1.57. The van der Waals surface area contributed by atoms with Gasteiger partial charge in [0, 0.05) is 24.5 Å². The first-order valence-corrected chi connectivity index (χ1v) is 9.27. The van der Waals surface area contributed by atoms with Crippen LogP contribution in [0.3, 0.4) is 0 Å². The summed E-state index contributed by atoms with van der Waals surface area (Å²) in [5, 5.41) is 8.88. The Balaban J connectivity index is 1.51. The molecule has 0 amide bonds. The number of hydrogen-bond acceptors (Lipinski definition) is 4. The standard InChI is InChI=1S/C22H21FN2O2/c23-21-8-16(11-24)6-7-20(21)22(26)17-9-18-13-27-14-19(10-17)25(18)12-15-4-2-1-3-5-15/h1-8,17-19H,9-10,12-14H2. The highest BCUT2D eigenvalue weighted by molar-refractivity contribution is 5.98. The number of carbonyl (C=O) groups is 1. The van der Waals surface area contributed by atoms with Crippen molar-refractivity contribution in [2.24, 2.45) is 5.92 Å². The lowest BCUT2D eigenvalue weighted by Crippen LogP contribution is -2.57. The van der Waals surface area contributed by atoms with Crippen LogP contribution in [0.25, 0.3) is 0 Å². The molecule has 2 aromatic carbocycles. The molecule has 2 heterocycles. The van der Waals surface area contributed by atoms with Crippen LogP contribution < -0.4 is 0 Å². The molecule has 2 saturated heterocycles. The van der Waals surface area contributed by atoms with Crippen LogP contribution in [0.1, 0.15) is 34.3 Å². The van der Waals surface area contributed by atoms with E-state index in [0.717, 1.165) is 12.6 Å². The van der Waals surface area contributed by atoms with E-state index in [1.807, 2.05) is 24.3 Å². The van der Waals surface area contributed by atoms with E-state index < -0.39 is 5.82 Å². The predicted molar refractivity (Wildman–Crippen MR) is 98.5 cm³/mol. The fraction of sp³-hybridized carbons (Fsp3) is 0.364. The van der Waals surface area contributed by atoms with Gasteiger partial charge in [-0.25, -0.2) is 4.39 Å². The van der Waals surface area contributed by atoms with Crippen LogP contribution in [0.4, 0.5) is 4.39 Å². The number of ether oxygens (including phenoxy) is 1. The van der Waals surface area contributed by atoms with Gasteiger partial charge in [-0.2, -0.15) is 5.26 Å². The average molecular weight is 364 g/mol. The third kappa shape index (κ3) is 3.64. The van der Waals surface area contributed by atoms with Gasteiger partial charge in [-0.05, 0) is 36.6 Å². The molecular formula is C22H21FN2O2. The molecule has 27 heavy (non-hydrogen) atoms. The van der Waals surface area contributed by atoms with Gasteiger partial charge in [0.05, 0.1) is 30.4 Å². The summed E-state index contributed by atoms with van der Waals surface area (Å²) < 4.78 is 20.0. The number of halogens is 1. The molecule has 2 unspecified atom stereocenters. The summed E-state index contributed by atoms with van der Waals surface area (Å²) in [5.74, 6) is -0.973. The highest BCUT2D eigenvalue weighted by Crippen LogP contribution is 2.35.